The third-order valence-corrected chi connectivity index (χ3v) is 4.76. The van der Waals surface area contributed by atoms with Crippen LogP contribution in [-0.4, -0.2) is 4.98 Å². The molecule has 0 aliphatic rings. The lowest BCUT2D eigenvalue weighted by Gasteiger charge is -2.00. The molecule has 0 bridgehead atoms. The first kappa shape index (κ1) is 13.3. The molecule has 1 aromatic carbocycles. The Morgan fingerprint density at radius 1 is 1.05 bits per heavy atom. The van der Waals surface area contributed by atoms with Crippen LogP contribution in [-0.2, 0) is 13.1 Å². The normalized spacial score (nSPS) is 10.8. The van der Waals surface area contributed by atoms with Gasteiger partial charge in [0.25, 0.3) is 0 Å². The molecule has 20 heavy (non-hydrogen) atoms. The van der Waals surface area contributed by atoms with Crippen LogP contribution in [0.25, 0.3) is 10.4 Å². The highest BCUT2D eigenvalue weighted by Crippen LogP contribution is 2.27. The van der Waals surface area contributed by atoms with Crippen molar-refractivity contribution in [3.8, 4) is 10.4 Å². The summed E-state index contributed by atoms with van der Waals surface area (Å²) in [6, 6.07) is 14.7. The monoisotopic (exact) mass is 302 g/mol. The van der Waals surface area contributed by atoms with Crippen LogP contribution in [0.2, 0.25) is 0 Å². The van der Waals surface area contributed by atoms with Crippen molar-refractivity contribution in [2.75, 3.05) is 0 Å². The van der Waals surface area contributed by atoms with Crippen molar-refractivity contribution >= 4 is 22.7 Å². The van der Waals surface area contributed by atoms with Crippen molar-refractivity contribution in [1.29, 1.82) is 0 Å². The van der Waals surface area contributed by atoms with E-state index < -0.39 is 0 Å². The van der Waals surface area contributed by atoms with E-state index in [1.54, 1.807) is 11.3 Å². The Kier molecular flexibility index (Phi) is 4.11. The zero-order valence-corrected chi connectivity index (χ0v) is 12.4. The van der Waals surface area contributed by atoms with Crippen LogP contribution in [0.5, 0.6) is 0 Å². The van der Waals surface area contributed by atoms with Crippen molar-refractivity contribution in [2.45, 2.75) is 13.1 Å². The SMILES string of the molecule is O=c1[nH]c(CNCc2ccc(-c3ccccc3)s2)cs1. The van der Waals surface area contributed by atoms with Gasteiger partial charge < -0.3 is 10.3 Å². The molecule has 5 heteroatoms. The summed E-state index contributed by atoms with van der Waals surface area (Å²) in [4.78, 5) is 16.4. The molecule has 3 rings (SSSR count). The van der Waals surface area contributed by atoms with Gasteiger partial charge in [-0.05, 0) is 17.7 Å². The zero-order valence-electron chi connectivity index (χ0n) is 10.8. The average Bonchev–Trinajstić information content (AvgIpc) is 3.09. The van der Waals surface area contributed by atoms with Gasteiger partial charge in [-0.1, -0.05) is 41.7 Å². The minimum Gasteiger partial charge on any atom is -0.315 e. The minimum absolute atomic E-state index is 0.00397. The molecule has 0 saturated heterocycles. The van der Waals surface area contributed by atoms with E-state index >= 15 is 0 Å². The summed E-state index contributed by atoms with van der Waals surface area (Å²) in [6.07, 6.45) is 0. The molecular weight excluding hydrogens is 288 g/mol. The quantitative estimate of drug-likeness (QED) is 0.758. The molecule has 0 atom stereocenters. The number of benzene rings is 1. The molecule has 3 nitrogen and oxygen atoms in total. The summed E-state index contributed by atoms with van der Waals surface area (Å²) < 4.78 is 0. The Balaban J connectivity index is 1.59. The third kappa shape index (κ3) is 3.25. The van der Waals surface area contributed by atoms with Crippen molar-refractivity contribution in [3.63, 3.8) is 0 Å². The lowest BCUT2D eigenvalue weighted by molar-refractivity contribution is 0.688. The average molecular weight is 302 g/mol. The van der Waals surface area contributed by atoms with E-state index in [4.69, 9.17) is 0 Å². The van der Waals surface area contributed by atoms with Crippen LogP contribution in [0.15, 0.2) is 52.6 Å². The van der Waals surface area contributed by atoms with Crippen LogP contribution in [0.4, 0.5) is 0 Å². The van der Waals surface area contributed by atoms with Crippen molar-refractivity contribution in [1.82, 2.24) is 10.3 Å². The Morgan fingerprint density at radius 3 is 2.65 bits per heavy atom. The van der Waals surface area contributed by atoms with E-state index in [1.807, 2.05) is 11.4 Å². The molecule has 0 aliphatic carbocycles. The molecule has 2 N–H and O–H groups in total. The third-order valence-electron chi connectivity index (χ3n) is 2.91. The molecule has 2 heterocycles. The number of rotatable bonds is 5. The number of thiazole rings is 1. The van der Waals surface area contributed by atoms with Gasteiger partial charge in [0.05, 0.1) is 0 Å². The molecule has 0 fully saturated rings. The highest BCUT2D eigenvalue weighted by Gasteiger charge is 2.02. The van der Waals surface area contributed by atoms with Crippen LogP contribution in [0.3, 0.4) is 0 Å². The molecule has 2 aromatic heterocycles. The number of hydrogen-bond donors (Lipinski definition) is 2. The molecule has 0 saturated carbocycles. The lowest BCUT2D eigenvalue weighted by Crippen LogP contribution is -2.12. The van der Waals surface area contributed by atoms with Gasteiger partial charge in [-0.25, -0.2) is 0 Å². The van der Waals surface area contributed by atoms with Crippen molar-refractivity contribution in [3.05, 3.63) is 68.1 Å². The second kappa shape index (κ2) is 6.17. The van der Waals surface area contributed by atoms with Gasteiger partial charge in [0.1, 0.15) is 0 Å². The molecule has 0 aliphatic heterocycles. The maximum absolute atomic E-state index is 11.0. The lowest BCUT2D eigenvalue weighted by atomic mass is 10.2. The molecular formula is C15H14N2OS2. The molecule has 3 aromatic rings. The van der Waals surface area contributed by atoms with Crippen molar-refractivity contribution < 1.29 is 0 Å². The summed E-state index contributed by atoms with van der Waals surface area (Å²) in [7, 11) is 0. The number of aromatic amines is 1. The zero-order chi connectivity index (χ0) is 13.8. The second-order valence-electron chi connectivity index (χ2n) is 4.41. The van der Waals surface area contributed by atoms with Gasteiger partial charge in [0, 0.05) is 33.9 Å². The summed E-state index contributed by atoms with van der Waals surface area (Å²) in [5.74, 6) is 0. The van der Waals surface area contributed by atoms with Gasteiger partial charge >= 0.3 is 4.87 Å². The first-order chi connectivity index (χ1) is 9.81. The van der Waals surface area contributed by atoms with Crippen LogP contribution >= 0.6 is 22.7 Å². The van der Waals surface area contributed by atoms with E-state index in [-0.39, 0.29) is 4.87 Å². The van der Waals surface area contributed by atoms with Crippen molar-refractivity contribution in [2.24, 2.45) is 0 Å². The highest BCUT2D eigenvalue weighted by molar-refractivity contribution is 7.15. The minimum atomic E-state index is 0.00397. The van der Waals surface area contributed by atoms with Gasteiger partial charge in [-0.2, -0.15) is 0 Å². The second-order valence-corrected chi connectivity index (χ2v) is 6.42. The molecule has 0 unspecified atom stereocenters. The maximum atomic E-state index is 11.0. The van der Waals surface area contributed by atoms with Gasteiger partial charge in [-0.15, -0.1) is 11.3 Å². The Bertz CT molecular complexity index is 727. The molecule has 102 valence electrons. The predicted molar refractivity (Wildman–Crippen MR) is 85.2 cm³/mol. The molecule has 0 amide bonds. The van der Waals surface area contributed by atoms with Crippen LogP contribution < -0.4 is 10.2 Å². The van der Waals surface area contributed by atoms with E-state index in [2.05, 4.69) is 46.7 Å². The van der Waals surface area contributed by atoms with Gasteiger partial charge in [-0.3, -0.25) is 4.79 Å². The Morgan fingerprint density at radius 2 is 1.90 bits per heavy atom. The number of hydrogen-bond acceptors (Lipinski definition) is 4. The number of nitrogens with one attached hydrogen (secondary N) is 2. The summed E-state index contributed by atoms with van der Waals surface area (Å²) in [5.41, 5.74) is 2.20. The Labute approximate surface area is 124 Å². The first-order valence-corrected chi connectivity index (χ1v) is 8.02. The molecule has 0 spiro atoms. The smallest absolute Gasteiger partial charge is 0.304 e. The highest BCUT2D eigenvalue weighted by atomic mass is 32.1. The Hall–Kier alpha value is -1.69. The number of aromatic nitrogens is 1. The van der Waals surface area contributed by atoms with Gasteiger partial charge in [0.15, 0.2) is 0 Å². The van der Waals surface area contributed by atoms with Crippen LogP contribution in [0, 0.1) is 0 Å². The van der Waals surface area contributed by atoms with E-state index in [0.29, 0.717) is 6.54 Å². The fraction of sp³-hybridized carbons (Fsp3) is 0.133. The van der Waals surface area contributed by atoms with Crippen LogP contribution in [0.1, 0.15) is 10.6 Å². The predicted octanol–water partition coefficient (Wildman–Crippen LogP) is 3.45. The first-order valence-electron chi connectivity index (χ1n) is 6.33. The van der Waals surface area contributed by atoms with E-state index in [1.165, 1.54) is 26.7 Å². The topological polar surface area (TPSA) is 44.9 Å². The largest absolute Gasteiger partial charge is 0.315 e. The summed E-state index contributed by atoms with van der Waals surface area (Å²) >= 11 is 3.00. The standard InChI is InChI=1S/C15H14N2OS2/c18-15-17-12(10-19-15)8-16-9-13-6-7-14(20-13)11-4-2-1-3-5-11/h1-7,10,16H,8-9H2,(H,17,18). The molecule has 0 radical (unpaired) electrons. The summed E-state index contributed by atoms with van der Waals surface area (Å²) in [5, 5.41) is 5.20. The fourth-order valence-corrected chi connectivity index (χ4v) is 3.52. The fourth-order valence-electron chi connectivity index (χ4n) is 1.95. The number of thiophene rings is 1. The maximum Gasteiger partial charge on any atom is 0.304 e. The van der Waals surface area contributed by atoms with Gasteiger partial charge in [0.2, 0.25) is 0 Å². The summed E-state index contributed by atoms with van der Waals surface area (Å²) in [6.45, 7) is 1.51. The number of H-pyrrole nitrogens is 1. The van der Waals surface area contributed by atoms with E-state index in [9.17, 15) is 4.79 Å². The van der Waals surface area contributed by atoms with E-state index in [0.717, 1.165) is 12.2 Å².